The van der Waals surface area contributed by atoms with Crippen LogP contribution in [0.25, 0.3) is 0 Å². The first-order chi connectivity index (χ1) is 17.9. The molecule has 1 amide bonds. The minimum atomic E-state index is -4.52. The van der Waals surface area contributed by atoms with Gasteiger partial charge in [-0.05, 0) is 86.9 Å². The second-order valence-electron chi connectivity index (χ2n) is 10.2. The first-order valence-electron chi connectivity index (χ1n) is 12.8. The van der Waals surface area contributed by atoms with Gasteiger partial charge in [-0.1, -0.05) is 0 Å². The Labute approximate surface area is 217 Å². The molecule has 2 aromatic rings. The maximum Gasteiger partial charge on any atom is 0.418 e. The summed E-state index contributed by atoms with van der Waals surface area (Å²) in [7, 11) is 0. The molecule has 2 fully saturated rings. The molecule has 38 heavy (non-hydrogen) atoms. The standard InChI is InChI=1S/C27H32F6N4O/c28-26(29,30)19-3-8-22(9-4-19)37-13-11-17(12-14-37)16-35-25(38)18-1-5-20(6-2-18)36-21-7-10-24(34)23(15-21)27(31,32)33/h3-4,7-10,15,17-18,20,36H,1-2,5-6,11-14,16,34H2,(H,35,38). The Kier molecular flexibility index (Phi) is 8.32. The molecule has 4 N–H and O–H groups in total. The number of piperidine rings is 1. The fourth-order valence-corrected chi connectivity index (χ4v) is 5.27. The quantitative estimate of drug-likeness (QED) is 0.296. The van der Waals surface area contributed by atoms with Crippen LogP contribution in [0.4, 0.5) is 43.4 Å². The number of carbonyl (C=O) groups excluding carboxylic acids is 1. The number of nitrogens with two attached hydrogens (primary N) is 1. The number of alkyl halides is 6. The van der Waals surface area contributed by atoms with Gasteiger partial charge >= 0.3 is 12.4 Å². The molecule has 0 radical (unpaired) electrons. The molecule has 0 bridgehead atoms. The molecule has 0 aromatic heterocycles. The Balaban J connectivity index is 1.17. The van der Waals surface area contributed by atoms with E-state index in [1.165, 1.54) is 24.3 Å². The van der Waals surface area contributed by atoms with Crippen molar-refractivity contribution >= 4 is 23.0 Å². The summed E-state index contributed by atoms with van der Waals surface area (Å²) >= 11 is 0. The number of amides is 1. The van der Waals surface area contributed by atoms with Crippen molar-refractivity contribution in [1.82, 2.24) is 5.32 Å². The van der Waals surface area contributed by atoms with E-state index in [-0.39, 0.29) is 23.6 Å². The van der Waals surface area contributed by atoms with E-state index in [4.69, 9.17) is 5.73 Å². The fraction of sp³-hybridized carbons (Fsp3) is 0.519. The van der Waals surface area contributed by atoms with Crippen LogP contribution < -0.4 is 21.3 Å². The maximum absolute atomic E-state index is 13.1. The molecule has 2 aliphatic rings. The lowest BCUT2D eigenvalue weighted by atomic mass is 9.85. The normalized spacial score (nSPS) is 21.3. The van der Waals surface area contributed by atoms with Crippen LogP contribution in [0.3, 0.4) is 0 Å². The van der Waals surface area contributed by atoms with E-state index >= 15 is 0 Å². The molecule has 11 heteroatoms. The molecule has 0 atom stereocenters. The number of nitrogen functional groups attached to an aromatic ring is 1. The van der Waals surface area contributed by atoms with Crippen LogP contribution >= 0.6 is 0 Å². The van der Waals surface area contributed by atoms with Crippen molar-refractivity contribution in [1.29, 1.82) is 0 Å². The van der Waals surface area contributed by atoms with Crippen molar-refractivity contribution in [2.24, 2.45) is 11.8 Å². The third-order valence-electron chi connectivity index (χ3n) is 7.57. The molecule has 1 aliphatic carbocycles. The number of anilines is 3. The highest BCUT2D eigenvalue weighted by molar-refractivity contribution is 5.78. The van der Waals surface area contributed by atoms with Gasteiger partial charge in [0.25, 0.3) is 0 Å². The van der Waals surface area contributed by atoms with E-state index < -0.39 is 23.5 Å². The third kappa shape index (κ3) is 7.05. The maximum atomic E-state index is 13.1. The van der Waals surface area contributed by atoms with Gasteiger partial charge in [0.05, 0.1) is 11.1 Å². The first kappa shape index (κ1) is 27.9. The zero-order valence-corrected chi connectivity index (χ0v) is 20.8. The summed E-state index contributed by atoms with van der Waals surface area (Å²) in [5, 5.41) is 6.20. The summed E-state index contributed by atoms with van der Waals surface area (Å²) in [6.07, 6.45) is -4.55. The number of hydrogen-bond acceptors (Lipinski definition) is 4. The molecule has 1 heterocycles. The SMILES string of the molecule is Nc1ccc(NC2CCC(C(=O)NCC3CCN(c4ccc(C(F)(F)F)cc4)CC3)CC2)cc1C(F)(F)F. The summed E-state index contributed by atoms with van der Waals surface area (Å²) in [6.45, 7) is 1.98. The van der Waals surface area contributed by atoms with E-state index in [9.17, 15) is 31.1 Å². The summed E-state index contributed by atoms with van der Waals surface area (Å²) < 4.78 is 77.7. The predicted molar refractivity (Wildman–Crippen MR) is 135 cm³/mol. The number of carbonyl (C=O) groups is 1. The molecule has 208 valence electrons. The minimum absolute atomic E-state index is 0.000427. The lowest BCUT2D eigenvalue weighted by Gasteiger charge is -2.34. The van der Waals surface area contributed by atoms with E-state index in [1.54, 1.807) is 0 Å². The zero-order valence-electron chi connectivity index (χ0n) is 20.8. The van der Waals surface area contributed by atoms with Crippen LogP contribution in [-0.4, -0.2) is 31.6 Å². The Bertz CT molecular complexity index is 1090. The number of nitrogens with one attached hydrogen (secondary N) is 2. The zero-order chi connectivity index (χ0) is 27.5. The highest BCUT2D eigenvalue weighted by Gasteiger charge is 2.34. The Morgan fingerprint density at radius 3 is 2.08 bits per heavy atom. The summed E-state index contributed by atoms with van der Waals surface area (Å²) in [4.78, 5) is 14.8. The van der Waals surface area contributed by atoms with E-state index in [0.29, 0.717) is 56.9 Å². The van der Waals surface area contributed by atoms with Gasteiger partial charge in [0.1, 0.15) is 0 Å². The lowest BCUT2D eigenvalue weighted by Crippen LogP contribution is -2.41. The topological polar surface area (TPSA) is 70.4 Å². The van der Waals surface area contributed by atoms with Gasteiger partial charge in [-0.15, -0.1) is 0 Å². The van der Waals surface area contributed by atoms with Crippen molar-refractivity contribution in [3.8, 4) is 0 Å². The number of hydrogen-bond donors (Lipinski definition) is 3. The second kappa shape index (κ2) is 11.3. The van der Waals surface area contributed by atoms with Crippen LogP contribution in [0, 0.1) is 11.8 Å². The molecule has 2 aromatic carbocycles. The molecular formula is C27H32F6N4O. The van der Waals surface area contributed by atoms with Gasteiger partial charge in [-0.2, -0.15) is 26.3 Å². The van der Waals surface area contributed by atoms with Crippen LogP contribution in [-0.2, 0) is 17.1 Å². The molecule has 1 saturated heterocycles. The highest BCUT2D eigenvalue weighted by Crippen LogP contribution is 2.36. The first-order valence-corrected chi connectivity index (χ1v) is 12.8. The average molecular weight is 543 g/mol. The van der Waals surface area contributed by atoms with Crippen LogP contribution in [0.15, 0.2) is 42.5 Å². The molecule has 1 aliphatic heterocycles. The lowest BCUT2D eigenvalue weighted by molar-refractivity contribution is -0.138. The van der Waals surface area contributed by atoms with E-state index in [2.05, 4.69) is 15.5 Å². The van der Waals surface area contributed by atoms with Gasteiger partial charge in [0, 0.05) is 48.7 Å². The van der Waals surface area contributed by atoms with Crippen molar-refractivity contribution in [2.75, 3.05) is 35.6 Å². The smallest absolute Gasteiger partial charge is 0.398 e. The molecule has 0 spiro atoms. The van der Waals surface area contributed by atoms with Crippen LogP contribution in [0.5, 0.6) is 0 Å². The van der Waals surface area contributed by atoms with E-state index in [0.717, 1.165) is 36.7 Å². The van der Waals surface area contributed by atoms with Crippen molar-refractivity contribution < 1.29 is 31.1 Å². The Hall–Kier alpha value is -3.11. The van der Waals surface area contributed by atoms with Crippen LogP contribution in [0.1, 0.15) is 49.7 Å². The monoisotopic (exact) mass is 542 g/mol. The summed E-state index contributed by atoms with van der Waals surface area (Å²) in [5.74, 6) is 0.175. The van der Waals surface area contributed by atoms with Crippen molar-refractivity contribution in [2.45, 2.75) is 56.9 Å². The van der Waals surface area contributed by atoms with Crippen molar-refractivity contribution in [3.63, 3.8) is 0 Å². The van der Waals surface area contributed by atoms with Crippen molar-refractivity contribution in [3.05, 3.63) is 53.6 Å². The predicted octanol–water partition coefficient (Wildman–Crippen LogP) is 6.31. The molecular weight excluding hydrogens is 510 g/mol. The van der Waals surface area contributed by atoms with Gasteiger partial charge in [-0.3, -0.25) is 4.79 Å². The minimum Gasteiger partial charge on any atom is -0.398 e. The highest BCUT2D eigenvalue weighted by atomic mass is 19.4. The van der Waals surface area contributed by atoms with Crippen LogP contribution in [0.2, 0.25) is 0 Å². The number of benzene rings is 2. The Morgan fingerprint density at radius 2 is 1.50 bits per heavy atom. The molecule has 1 saturated carbocycles. The van der Waals surface area contributed by atoms with Gasteiger partial charge < -0.3 is 21.3 Å². The van der Waals surface area contributed by atoms with E-state index in [1.807, 2.05) is 0 Å². The largest absolute Gasteiger partial charge is 0.418 e. The number of nitrogens with zero attached hydrogens (tertiary/aromatic N) is 1. The second-order valence-corrected chi connectivity index (χ2v) is 10.2. The number of rotatable bonds is 6. The summed E-state index contributed by atoms with van der Waals surface area (Å²) in [5.41, 5.74) is 4.76. The molecule has 5 nitrogen and oxygen atoms in total. The van der Waals surface area contributed by atoms with Gasteiger partial charge in [0.15, 0.2) is 0 Å². The molecule has 0 unspecified atom stereocenters. The van der Waals surface area contributed by atoms with Gasteiger partial charge in [0.2, 0.25) is 5.91 Å². The fourth-order valence-electron chi connectivity index (χ4n) is 5.27. The Morgan fingerprint density at radius 1 is 0.868 bits per heavy atom. The van der Waals surface area contributed by atoms with Gasteiger partial charge in [-0.25, -0.2) is 0 Å². The number of halogens is 6. The molecule has 4 rings (SSSR count). The summed E-state index contributed by atoms with van der Waals surface area (Å²) in [6, 6.07) is 8.99. The average Bonchev–Trinajstić information content (AvgIpc) is 2.88. The third-order valence-corrected chi connectivity index (χ3v) is 7.57.